The molecule has 0 aliphatic carbocycles. The van der Waals surface area contributed by atoms with Crippen molar-refractivity contribution in [1.82, 2.24) is 9.62 Å². The number of nitrogens with one attached hydrogen (secondary N) is 1. The average Bonchev–Trinajstić information content (AvgIpc) is 3.00. The fraction of sp³-hybridized carbons (Fsp3) is 0.333. The lowest BCUT2D eigenvalue weighted by Gasteiger charge is -2.15. The van der Waals surface area contributed by atoms with Gasteiger partial charge in [-0.15, -0.1) is 11.3 Å². The number of furan rings is 1. The van der Waals surface area contributed by atoms with Crippen molar-refractivity contribution in [3.8, 4) is 0 Å². The summed E-state index contributed by atoms with van der Waals surface area (Å²) in [7, 11) is -0.0388. The van der Waals surface area contributed by atoms with Crippen LogP contribution in [0.25, 0.3) is 0 Å². The van der Waals surface area contributed by atoms with Crippen LogP contribution in [0.4, 0.5) is 0 Å². The second-order valence-electron chi connectivity index (χ2n) is 4.17. The molecule has 0 aromatic carbocycles. The largest absolute Gasteiger partial charge is 0.472 e. The van der Waals surface area contributed by atoms with E-state index < -0.39 is 10.0 Å². The number of rotatable bonds is 6. The molecule has 0 amide bonds. The Hall–Kier alpha value is -1.15. The SMILES string of the molecule is CNCc1cc(S(=O)(=O)N(C)Cc2ccoc2)cs1. The maximum absolute atomic E-state index is 12.4. The third kappa shape index (κ3) is 3.24. The zero-order valence-corrected chi connectivity index (χ0v) is 12.4. The molecule has 0 aliphatic heterocycles. The van der Waals surface area contributed by atoms with Crippen LogP contribution in [0.5, 0.6) is 0 Å². The van der Waals surface area contributed by atoms with Crippen molar-refractivity contribution < 1.29 is 12.8 Å². The summed E-state index contributed by atoms with van der Waals surface area (Å²) >= 11 is 1.44. The first-order valence-electron chi connectivity index (χ1n) is 5.73. The molecule has 0 fully saturated rings. The van der Waals surface area contributed by atoms with E-state index in [1.807, 2.05) is 7.05 Å². The zero-order valence-electron chi connectivity index (χ0n) is 10.8. The molecule has 1 N–H and O–H groups in total. The molecule has 0 aliphatic rings. The van der Waals surface area contributed by atoms with Crippen LogP contribution in [0.2, 0.25) is 0 Å². The topological polar surface area (TPSA) is 62.6 Å². The van der Waals surface area contributed by atoms with E-state index >= 15 is 0 Å². The first-order chi connectivity index (χ1) is 9.04. The van der Waals surface area contributed by atoms with E-state index in [9.17, 15) is 8.42 Å². The molecule has 104 valence electrons. The van der Waals surface area contributed by atoms with E-state index in [0.717, 1.165) is 10.4 Å². The Bertz CT molecular complexity index is 617. The summed E-state index contributed by atoms with van der Waals surface area (Å²) in [4.78, 5) is 1.34. The molecular formula is C12H16N2O3S2. The van der Waals surface area contributed by atoms with Gasteiger partial charge in [-0.05, 0) is 19.2 Å². The third-order valence-corrected chi connectivity index (χ3v) is 5.54. The summed E-state index contributed by atoms with van der Waals surface area (Å²) in [6, 6.07) is 3.47. The molecule has 0 bridgehead atoms. The van der Waals surface area contributed by atoms with Gasteiger partial charge in [0.1, 0.15) is 0 Å². The predicted molar refractivity (Wildman–Crippen MR) is 74.4 cm³/mol. The highest BCUT2D eigenvalue weighted by atomic mass is 32.2. The van der Waals surface area contributed by atoms with E-state index in [1.54, 1.807) is 30.8 Å². The van der Waals surface area contributed by atoms with Crippen molar-refractivity contribution in [2.75, 3.05) is 14.1 Å². The minimum absolute atomic E-state index is 0.302. The minimum Gasteiger partial charge on any atom is -0.472 e. The summed E-state index contributed by atoms with van der Waals surface area (Å²) in [5.41, 5.74) is 0.830. The summed E-state index contributed by atoms with van der Waals surface area (Å²) < 4.78 is 31.0. The van der Waals surface area contributed by atoms with Crippen molar-refractivity contribution in [2.45, 2.75) is 18.0 Å². The van der Waals surface area contributed by atoms with E-state index in [1.165, 1.54) is 21.9 Å². The molecule has 0 saturated carbocycles. The van der Waals surface area contributed by atoms with Crippen LogP contribution in [0.15, 0.2) is 39.4 Å². The molecule has 7 heteroatoms. The van der Waals surface area contributed by atoms with Gasteiger partial charge in [-0.2, -0.15) is 4.31 Å². The lowest BCUT2D eigenvalue weighted by molar-refractivity contribution is 0.463. The number of nitrogens with zero attached hydrogens (tertiary/aromatic N) is 1. The van der Waals surface area contributed by atoms with Gasteiger partial charge in [-0.1, -0.05) is 0 Å². The van der Waals surface area contributed by atoms with Gasteiger partial charge >= 0.3 is 0 Å². The van der Waals surface area contributed by atoms with Crippen LogP contribution < -0.4 is 5.32 Å². The highest BCUT2D eigenvalue weighted by Crippen LogP contribution is 2.23. The molecule has 2 heterocycles. The second-order valence-corrected chi connectivity index (χ2v) is 7.21. The molecule has 0 unspecified atom stereocenters. The fourth-order valence-corrected chi connectivity index (χ4v) is 4.10. The fourth-order valence-electron chi connectivity index (χ4n) is 1.67. The van der Waals surface area contributed by atoms with E-state index in [-0.39, 0.29) is 0 Å². The van der Waals surface area contributed by atoms with Crippen LogP contribution in [-0.4, -0.2) is 26.8 Å². The van der Waals surface area contributed by atoms with Crippen molar-refractivity contribution in [1.29, 1.82) is 0 Å². The van der Waals surface area contributed by atoms with Gasteiger partial charge in [0.2, 0.25) is 10.0 Å². The van der Waals surface area contributed by atoms with Crippen molar-refractivity contribution in [3.05, 3.63) is 40.5 Å². The van der Waals surface area contributed by atoms with Crippen molar-refractivity contribution in [2.24, 2.45) is 0 Å². The Balaban J connectivity index is 2.16. The number of hydrogen-bond donors (Lipinski definition) is 1. The first-order valence-corrected chi connectivity index (χ1v) is 8.05. The zero-order chi connectivity index (χ0) is 13.9. The Morgan fingerprint density at radius 1 is 1.47 bits per heavy atom. The van der Waals surface area contributed by atoms with Crippen molar-refractivity contribution in [3.63, 3.8) is 0 Å². The van der Waals surface area contributed by atoms with Gasteiger partial charge in [-0.3, -0.25) is 0 Å². The lowest BCUT2D eigenvalue weighted by Crippen LogP contribution is -2.25. The normalized spacial score (nSPS) is 12.2. The molecule has 19 heavy (non-hydrogen) atoms. The molecule has 0 radical (unpaired) electrons. The van der Waals surface area contributed by atoms with Crippen LogP contribution >= 0.6 is 11.3 Å². The maximum atomic E-state index is 12.4. The minimum atomic E-state index is -3.44. The van der Waals surface area contributed by atoms with Gasteiger partial charge < -0.3 is 9.73 Å². The molecule has 0 saturated heterocycles. The van der Waals surface area contributed by atoms with Crippen LogP contribution in [-0.2, 0) is 23.1 Å². The van der Waals surface area contributed by atoms with Crippen LogP contribution in [0.3, 0.4) is 0 Å². The molecule has 2 aromatic heterocycles. The Kier molecular flexibility index (Phi) is 4.41. The summed E-state index contributed by atoms with van der Waals surface area (Å²) in [6.07, 6.45) is 3.08. The van der Waals surface area contributed by atoms with Crippen LogP contribution in [0.1, 0.15) is 10.4 Å². The van der Waals surface area contributed by atoms with Gasteiger partial charge in [0.15, 0.2) is 0 Å². The smallest absolute Gasteiger partial charge is 0.243 e. The highest BCUT2D eigenvalue weighted by molar-refractivity contribution is 7.89. The molecule has 0 spiro atoms. The standard InChI is InChI=1S/C12H16N2O3S2/c1-13-6-11-5-12(9-18-11)19(15,16)14(2)7-10-3-4-17-8-10/h3-5,8-9,13H,6-7H2,1-2H3. The average molecular weight is 300 g/mol. The summed E-state index contributed by atoms with van der Waals surface area (Å²) in [6.45, 7) is 0.974. The first kappa shape index (κ1) is 14.3. The molecule has 2 aromatic rings. The summed E-state index contributed by atoms with van der Waals surface area (Å²) in [5, 5.41) is 4.68. The summed E-state index contributed by atoms with van der Waals surface area (Å²) in [5.74, 6) is 0. The van der Waals surface area contributed by atoms with Crippen molar-refractivity contribution >= 4 is 21.4 Å². The van der Waals surface area contributed by atoms with E-state index in [4.69, 9.17) is 4.42 Å². The number of thiophene rings is 1. The molecule has 5 nitrogen and oxygen atoms in total. The quantitative estimate of drug-likeness (QED) is 0.885. The molecule has 0 atom stereocenters. The Labute approximate surface area is 116 Å². The van der Waals surface area contributed by atoms with E-state index in [0.29, 0.717) is 18.0 Å². The van der Waals surface area contributed by atoms with Gasteiger partial charge in [-0.25, -0.2) is 8.42 Å². The molecule has 2 rings (SSSR count). The number of sulfonamides is 1. The Morgan fingerprint density at radius 3 is 2.89 bits per heavy atom. The number of hydrogen-bond acceptors (Lipinski definition) is 5. The third-order valence-electron chi connectivity index (χ3n) is 2.67. The van der Waals surface area contributed by atoms with E-state index in [2.05, 4.69) is 5.32 Å². The second kappa shape index (κ2) is 5.87. The molecular weight excluding hydrogens is 284 g/mol. The highest BCUT2D eigenvalue weighted by Gasteiger charge is 2.22. The van der Waals surface area contributed by atoms with Crippen LogP contribution in [0, 0.1) is 0 Å². The van der Waals surface area contributed by atoms with Gasteiger partial charge in [0.05, 0.1) is 17.4 Å². The maximum Gasteiger partial charge on any atom is 0.243 e. The monoisotopic (exact) mass is 300 g/mol. The van der Waals surface area contributed by atoms with Gasteiger partial charge in [0.25, 0.3) is 0 Å². The van der Waals surface area contributed by atoms with Gasteiger partial charge in [0, 0.05) is 36.0 Å². The lowest BCUT2D eigenvalue weighted by atomic mass is 10.3. The predicted octanol–water partition coefficient (Wildman–Crippen LogP) is 1.88. The Morgan fingerprint density at radius 2 is 2.26 bits per heavy atom.